The Hall–Kier alpha value is -0.570. The second-order valence-corrected chi connectivity index (χ2v) is 5.23. The van der Waals surface area contributed by atoms with Crippen LogP contribution in [0.3, 0.4) is 0 Å². The summed E-state index contributed by atoms with van der Waals surface area (Å²) in [7, 11) is 0. The zero-order valence-corrected chi connectivity index (χ0v) is 10.1. The fourth-order valence-electron chi connectivity index (χ4n) is 2.02. The minimum atomic E-state index is -0.872. The molecule has 0 bridgehead atoms. The molecule has 1 rings (SSSR count). The molecular formula is C12H23NO2. The van der Waals surface area contributed by atoms with Gasteiger partial charge in [0.25, 0.3) is 0 Å². The molecule has 0 saturated heterocycles. The summed E-state index contributed by atoms with van der Waals surface area (Å²) in [5, 5.41) is 0. The molecule has 1 aliphatic carbocycles. The molecule has 0 unspecified atom stereocenters. The maximum absolute atomic E-state index is 11.6. The highest BCUT2D eigenvalue weighted by molar-refractivity contribution is 5.79. The first-order valence-electron chi connectivity index (χ1n) is 5.91. The van der Waals surface area contributed by atoms with Gasteiger partial charge in [-0.2, -0.15) is 0 Å². The fourth-order valence-corrected chi connectivity index (χ4v) is 2.02. The molecule has 3 heteroatoms. The Balaban J connectivity index is 2.40. The third-order valence-electron chi connectivity index (χ3n) is 3.13. The molecule has 1 saturated carbocycles. The maximum Gasteiger partial charge on any atom is 0.325 e. The number of hydrogen-bond acceptors (Lipinski definition) is 3. The largest absolute Gasteiger partial charge is 0.461 e. The monoisotopic (exact) mass is 213 g/mol. The van der Waals surface area contributed by atoms with Crippen LogP contribution in [0.15, 0.2) is 0 Å². The van der Waals surface area contributed by atoms with Gasteiger partial charge in [-0.3, -0.25) is 4.79 Å². The standard InChI is InChI=1S/C12H23NO2/c1-9(10-7-5-4-6-8-10)15-11(14)12(2,3)13/h9-10H,4-8,13H2,1-3H3/t9-/m1/s1. The van der Waals surface area contributed by atoms with Crippen molar-refractivity contribution in [3.8, 4) is 0 Å². The second kappa shape index (κ2) is 4.97. The number of nitrogens with two attached hydrogens (primary N) is 1. The van der Waals surface area contributed by atoms with Crippen LogP contribution in [-0.4, -0.2) is 17.6 Å². The summed E-state index contributed by atoms with van der Waals surface area (Å²) in [5.41, 5.74) is 4.81. The molecule has 0 heterocycles. The van der Waals surface area contributed by atoms with Gasteiger partial charge >= 0.3 is 5.97 Å². The molecule has 15 heavy (non-hydrogen) atoms. The van der Waals surface area contributed by atoms with Crippen LogP contribution in [0.1, 0.15) is 52.9 Å². The van der Waals surface area contributed by atoms with Crippen LogP contribution in [0.5, 0.6) is 0 Å². The topological polar surface area (TPSA) is 52.3 Å². The Morgan fingerprint density at radius 3 is 2.33 bits per heavy atom. The van der Waals surface area contributed by atoms with E-state index in [2.05, 4.69) is 0 Å². The summed E-state index contributed by atoms with van der Waals surface area (Å²) in [6.07, 6.45) is 6.22. The smallest absolute Gasteiger partial charge is 0.325 e. The molecule has 2 N–H and O–H groups in total. The summed E-state index contributed by atoms with van der Waals surface area (Å²) in [6, 6.07) is 0. The highest BCUT2D eigenvalue weighted by atomic mass is 16.5. The molecule has 1 fully saturated rings. The lowest BCUT2D eigenvalue weighted by molar-refractivity contribution is -0.156. The van der Waals surface area contributed by atoms with Crippen LogP contribution < -0.4 is 5.73 Å². The van der Waals surface area contributed by atoms with Gasteiger partial charge in [0, 0.05) is 0 Å². The van der Waals surface area contributed by atoms with E-state index in [-0.39, 0.29) is 12.1 Å². The van der Waals surface area contributed by atoms with Crippen molar-refractivity contribution in [2.75, 3.05) is 0 Å². The molecule has 0 aliphatic heterocycles. The molecule has 1 aliphatic rings. The minimum absolute atomic E-state index is 0.0145. The first-order valence-corrected chi connectivity index (χ1v) is 5.91. The van der Waals surface area contributed by atoms with E-state index in [1.54, 1.807) is 13.8 Å². The molecule has 0 aromatic carbocycles. The van der Waals surface area contributed by atoms with Crippen molar-refractivity contribution in [1.82, 2.24) is 0 Å². The number of esters is 1. The van der Waals surface area contributed by atoms with Crippen LogP contribution in [0.2, 0.25) is 0 Å². The van der Waals surface area contributed by atoms with E-state index in [9.17, 15) is 4.79 Å². The van der Waals surface area contributed by atoms with E-state index in [4.69, 9.17) is 10.5 Å². The van der Waals surface area contributed by atoms with Gasteiger partial charge in [0.15, 0.2) is 0 Å². The molecule has 0 amide bonds. The van der Waals surface area contributed by atoms with E-state index in [1.807, 2.05) is 6.92 Å². The molecule has 0 aromatic rings. The van der Waals surface area contributed by atoms with Crippen LogP contribution in [0.4, 0.5) is 0 Å². The number of carbonyl (C=O) groups is 1. The molecule has 3 nitrogen and oxygen atoms in total. The van der Waals surface area contributed by atoms with Gasteiger partial charge in [-0.15, -0.1) is 0 Å². The lowest BCUT2D eigenvalue weighted by atomic mass is 9.86. The summed E-state index contributed by atoms with van der Waals surface area (Å²) in [6.45, 7) is 5.35. The van der Waals surface area contributed by atoms with Crippen LogP contribution in [-0.2, 0) is 9.53 Å². The predicted octanol–water partition coefficient (Wildman–Crippen LogP) is 2.24. The van der Waals surface area contributed by atoms with E-state index < -0.39 is 5.54 Å². The van der Waals surface area contributed by atoms with Crippen molar-refractivity contribution in [1.29, 1.82) is 0 Å². The van der Waals surface area contributed by atoms with Gasteiger partial charge in [0.05, 0.1) is 0 Å². The van der Waals surface area contributed by atoms with Crippen LogP contribution in [0, 0.1) is 5.92 Å². The Morgan fingerprint density at radius 1 is 1.33 bits per heavy atom. The van der Waals surface area contributed by atoms with Crippen molar-refractivity contribution in [3.63, 3.8) is 0 Å². The van der Waals surface area contributed by atoms with Gasteiger partial charge in [-0.05, 0) is 39.5 Å². The number of carbonyl (C=O) groups excluding carboxylic acids is 1. The third-order valence-corrected chi connectivity index (χ3v) is 3.13. The lowest BCUT2D eigenvalue weighted by Gasteiger charge is -2.29. The van der Waals surface area contributed by atoms with Crippen molar-refractivity contribution in [3.05, 3.63) is 0 Å². The van der Waals surface area contributed by atoms with E-state index in [0.29, 0.717) is 5.92 Å². The molecule has 0 radical (unpaired) electrons. The molecular weight excluding hydrogens is 190 g/mol. The Bertz CT molecular complexity index is 214. The summed E-state index contributed by atoms with van der Waals surface area (Å²) >= 11 is 0. The van der Waals surface area contributed by atoms with Crippen molar-refractivity contribution in [2.24, 2.45) is 11.7 Å². The van der Waals surface area contributed by atoms with Gasteiger partial charge in [-0.25, -0.2) is 0 Å². The number of ether oxygens (including phenoxy) is 1. The maximum atomic E-state index is 11.6. The minimum Gasteiger partial charge on any atom is -0.461 e. The average Bonchev–Trinajstić information content (AvgIpc) is 2.17. The normalized spacial score (nSPS) is 21.1. The van der Waals surface area contributed by atoms with Gasteiger partial charge in [0.1, 0.15) is 11.6 Å². The number of rotatable bonds is 3. The first-order chi connectivity index (χ1) is 6.91. The van der Waals surface area contributed by atoms with E-state index in [1.165, 1.54) is 32.1 Å². The zero-order chi connectivity index (χ0) is 11.5. The first kappa shape index (κ1) is 12.5. The highest BCUT2D eigenvalue weighted by Crippen LogP contribution is 2.28. The fraction of sp³-hybridized carbons (Fsp3) is 0.917. The second-order valence-electron chi connectivity index (χ2n) is 5.23. The SMILES string of the molecule is C[C@@H](OC(=O)C(C)(C)N)C1CCCCC1. The number of hydrogen-bond donors (Lipinski definition) is 1. The molecule has 88 valence electrons. The van der Waals surface area contributed by atoms with E-state index >= 15 is 0 Å². The van der Waals surface area contributed by atoms with Crippen molar-refractivity contribution < 1.29 is 9.53 Å². The van der Waals surface area contributed by atoms with Crippen molar-refractivity contribution in [2.45, 2.75) is 64.5 Å². The Labute approximate surface area is 92.4 Å². The molecule has 1 atom stereocenters. The Morgan fingerprint density at radius 2 is 1.87 bits per heavy atom. The van der Waals surface area contributed by atoms with Crippen LogP contribution >= 0.6 is 0 Å². The van der Waals surface area contributed by atoms with Crippen molar-refractivity contribution >= 4 is 5.97 Å². The summed E-state index contributed by atoms with van der Waals surface area (Å²) in [5.74, 6) is 0.241. The Kier molecular flexibility index (Phi) is 4.14. The zero-order valence-electron chi connectivity index (χ0n) is 10.1. The third kappa shape index (κ3) is 3.82. The van der Waals surface area contributed by atoms with Crippen LogP contribution in [0.25, 0.3) is 0 Å². The van der Waals surface area contributed by atoms with Gasteiger partial charge in [0.2, 0.25) is 0 Å². The lowest BCUT2D eigenvalue weighted by Crippen LogP contribution is -2.45. The summed E-state index contributed by atoms with van der Waals surface area (Å²) < 4.78 is 5.39. The predicted molar refractivity (Wildman–Crippen MR) is 60.4 cm³/mol. The molecule has 0 aromatic heterocycles. The quantitative estimate of drug-likeness (QED) is 0.731. The van der Waals surface area contributed by atoms with E-state index in [0.717, 1.165) is 0 Å². The average molecular weight is 213 g/mol. The highest BCUT2D eigenvalue weighted by Gasteiger charge is 2.29. The molecule has 0 spiro atoms. The summed E-state index contributed by atoms with van der Waals surface area (Å²) in [4.78, 5) is 11.6. The van der Waals surface area contributed by atoms with Gasteiger partial charge in [-0.1, -0.05) is 19.3 Å². The van der Waals surface area contributed by atoms with Gasteiger partial charge < -0.3 is 10.5 Å².